The second kappa shape index (κ2) is 4.97. The molecule has 0 saturated heterocycles. The first kappa shape index (κ1) is 11.0. The van der Waals surface area contributed by atoms with Crippen LogP contribution in [0.25, 0.3) is 0 Å². The van der Waals surface area contributed by atoms with Crippen LogP contribution in [0.3, 0.4) is 0 Å². The van der Waals surface area contributed by atoms with Crippen LogP contribution in [0.4, 0.5) is 0 Å². The molecule has 0 radical (unpaired) electrons. The number of ether oxygens (including phenoxy) is 1. The van der Waals surface area contributed by atoms with Crippen LogP contribution < -0.4 is 5.73 Å². The van der Waals surface area contributed by atoms with Crippen LogP contribution in [0.15, 0.2) is 0 Å². The third-order valence-corrected chi connectivity index (χ3v) is 3.56. The van der Waals surface area contributed by atoms with Gasteiger partial charge >= 0.3 is 0 Å². The minimum absolute atomic E-state index is 0.293. The molecule has 13 heavy (non-hydrogen) atoms. The normalized spacial score (nSPS) is 22.4. The van der Waals surface area contributed by atoms with E-state index in [1.165, 1.54) is 32.1 Å². The number of rotatable bonds is 6. The van der Waals surface area contributed by atoms with E-state index in [2.05, 4.69) is 6.92 Å². The zero-order valence-electron chi connectivity index (χ0n) is 9.01. The van der Waals surface area contributed by atoms with E-state index in [1.807, 2.05) is 0 Å². The van der Waals surface area contributed by atoms with Crippen LogP contribution >= 0.6 is 0 Å². The molecule has 0 bridgehead atoms. The average molecular weight is 185 g/mol. The summed E-state index contributed by atoms with van der Waals surface area (Å²) in [6.07, 6.45) is 6.56. The molecule has 1 atom stereocenters. The molecule has 1 saturated carbocycles. The van der Waals surface area contributed by atoms with E-state index in [1.54, 1.807) is 7.11 Å². The van der Waals surface area contributed by atoms with Crippen LogP contribution in [0.1, 0.15) is 39.0 Å². The van der Waals surface area contributed by atoms with Crippen molar-refractivity contribution in [1.82, 2.24) is 0 Å². The molecule has 0 aromatic carbocycles. The molecule has 0 spiro atoms. The Morgan fingerprint density at radius 2 is 2.15 bits per heavy atom. The van der Waals surface area contributed by atoms with Gasteiger partial charge in [0.25, 0.3) is 0 Å². The molecule has 0 aromatic rings. The zero-order valence-corrected chi connectivity index (χ0v) is 9.01. The lowest BCUT2D eigenvalue weighted by Gasteiger charge is -2.44. The maximum absolute atomic E-state index is 5.91. The average Bonchev–Trinajstić information content (AvgIpc) is 2.02. The summed E-state index contributed by atoms with van der Waals surface area (Å²) >= 11 is 0. The van der Waals surface area contributed by atoms with Crippen molar-refractivity contribution in [2.24, 2.45) is 17.1 Å². The highest BCUT2D eigenvalue weighted by molar-refractivity contribution is 4.91. The van der Waals surface area contributed by atoms with Gasteiger partial charge in [0.15, 0.2) is 0 Å². The van der Waals surface area contributed by atoms with E-state index < -0.39 is 0 Å². The molecule has 2 heteroatoms. The largest absolute Gasteiger partial charge is 0.384 e. The predicted molar refractivity (Wildman–Crippen MR) is 55.6 cm³/mol. The fourth-order valence-electron chi connectivity index (χ4n) is 2.53. The van der Waals surface area contributed by atoms with Crippen molar-refractivity contribution in [3.63, 3.8) is 0 Å². The summed E-state index contributed by atoms with van der Waals surface area (Å²) in [6.45, 7) is 3.88. The fourth-order valence-corrected chi connectivity index (χ4v) is 2.53. The Balaban J connectivity index is 2.56. The first-order valence-electron chi connectivity index (χ1n) is 5.48. The number of methoxy groups -OCH3 is 1. The quantitative estimate of drug-likeness (QED) is 0.688. The zero-order chi connectivity index (χ0) is 9.73. The van der Waals surface area contributed by atoms with Gasteiger partial charge in [0, 0.05) is 19.1 Å². The van der Waals surface area contributed by atoms with E-state index in [-0.39, 0.29) is 0 Å². The van der Waals surface area contributed by atoms with E-state index in [0.717, 1.165) is 19.1 Å². The number of hydrogen-bond acceptors (Lipinski definition) is 2. The van der Waals surface area contributed by atoms with Gasteiger partial charge in [0.2, 0.25) is 0 Å². The van der Waals surface area contributed by atoms with Gasteiger partial charge in [-0.25, -0.2) is 0 Å². The summed E-state index contributed by atoms with van der Waals surface area (Å²) in [5.41, 5.74) is 6.20. The highest BCUT2D eigenvalue weighted by atomic mass is 16.5. The molecule has 0 aromatic heterocycles. The molecule has 1 aliphatic carbocycles. The molecule has 78 valence electrons. The van der Waals surface area contributed by atoms with Crippen molar-refractivity contribution in [1.29, 1.82) is 0 Å². The standard InChI is InChI=1S/C11H23NO/c1-3-7-11(8-12,9-13-2)10-5-4-6-10/h10H,3-9,12H2,1-2H3. The Bertz CT molecular complexity index is 137. The Labute approximate surface area is 81.8 Å². The van der Waals surface area contributed by atoms with E-state index >= 15 is 0 Å². The SMILES string of the molecule is CCCC(CN)(COC)C1CCC1. The Hall–Kier alpha value is -0.0800. The monoisotopic (exact) mass is 185 g/mol. The maximum Gasteiger partial charge on any atom is 0.0533 e. The van der Waals surface area contributed by atoms with Crippen LogP contribution in [0.2, 0.25) is 0 Å². The summed E-state index contributed by atoms with van der Waals surface area (Å²) in [5, 5.41) is 0. The molecule has 2 nitrogen and oxygen atoms in total. The molecule has 1 rings (SSSR count). The summed E-state index contributed by atoms with van der Waals surface area (Å²) in [7, 11) is 1.79. The van der Waals surface area contributed by atoms with Gasteiger partial charge in [0.05, 0.1) is 6.61 Å². The highest BCUT2D eigenvalue weighted by Gasteiger charge is 2.39. The van der Waals surface area contributed by atoms with Gasteiger partial charge in [-0.2, -0.15) is 0 Å². The van der Waals surface area contributed by atoms with Gasteiger partial charge in [-0.05, 0) is 25.2 Å². The third kappa shape index (κ3) is 2.23. The summed E-state index contributed by atoms with van der Waals surface area (Å²) < 4.78 is 5.33. The molecule has 0 aliphatic heterocycles. The Kier molecular flexibility index (Phi) is 4.20. The van der Waals surface area contributed by atoms with Crippen molar-refractivity contribution in [2.45, 2.75) is 39.0 Å². The van der Waals surface area contributed by atoms with Crippen molar-refractivity contribution in [3.05, 3.63) is 0 Å². The molecular formula is C11H23NO. The van der Waals surface area contributed by atoms with Crippen molar-refractivity contribution in [3.8, 4) is 0 Å². The maximum atomic E-state index is 5.91. The smallest absolute Gasteiger partial charge is 0.0533 e. The molecule has 0 heterocycles. The topological polar surface area (TPSA) is 35.2 Å². The van der Waals surface area contributed by atoms with Crippen molar-refractivity contribution >= 4 is 0 Å². The molecular weight excluding hydrogens is 162 g/mol. The second-order valence-corrected chi connectivity index (χ2v) is 4.38. The molecule has 0 amide bonds. The van der Waals surface area contributed by atoms with Gasteiger partial charge in [-0.3, -0.25) is 0 Å². The highest BCUT2D eigenvalue weighted by Crippen LogP contribution is 2.44. The van der Waals surface area contributed by atoms with Gasteiger partial charge in [-0.15, -0.1) is 0 Å². The fraction of sp³-hybridized carbons (Fsp3) is 1.00. The van der Waals surface area contributed by atoms with Crippen LogP contribution in [0.5, 0.6) is 0 Å². The van der Waals surface area contributed by atoms with Gasteiger partial charge in [-0.1, -0.05) is 19.8 Å². The first-order valence-corrected chi connectivity index (χ1v) is 5.48. The minimum atomic E-state index is 0.293. The lowest BCUT2D eigenvalue weighted by molar-refractivity contribution is -0.00296. The second-order valence-electron chi connectivity index (χ2n) is 4.38. The van der Waals surface area contributed by atoms with Crippen molar-refractivity contribution in [2.75, 3.05) is 20.3 Å². The van der Waals surface area contributed by atoms with Crippen LogP contribution in [-0.4, -0.2) is 20.3 Å². The lowest BCUT2D eigenvalue weighted by atomic mass is 9.63. The van der Waals surface area contributed by atoms with Crippen LogP contribution in [-0.2, 0) is 4.74 Å². The molecule has 1 aliphatic rings. The Morgan fingerprint density at radius 1 is 1.46 bits per heavy atom. The van der Waals surface area contributed by atoms with E-state index in [9.17, 15) is 0 Å². The Morgan fingerprint density at radius 3 is 2.46 bits per heavy atom. The summed E-state index contributed by atoms with van der Waals surface area (Å²) in [6, 6.07) is 0. The van der Waals surface area contributed by atoms with E-state index in [0.29, 0.717) is 5.41 Å². The lowest BCUT2D eigenvalue weighted by Crippen LogP contribution is -2.44. The summed E-state index contributed by atoms with van der Waals surface area (Å²) in [5.74, 6) is 0.831. The van der Waals surface area contributed by atoms with Crippen LogP contribution in [0, 0.1) is 11.3 Å². The first-order chi connectivity index (χ1) is 6.29. The molecule has 1 fully saturated rings. The van der Waals surface area contributed by atoms with E-state index in [4.69, 9.17) is 10.5 Å². The number of hydrogen-bond donors (Lipinski definition) is 1. The van der Waals surface area contributed by atoms with Crippen molar-refractivity contribution < 1.29 is 4.74 Å². The number of nitrogens with two attached hydrogens (primary N) is 1. The minimum Gasteiger partial charge on any atom is -0.384 e. The van der Waals surface area contributed by atoms with Gasteiger partial charge in [0.1, 0.15) is 0 Å². The molecule has 2 N–H and O–H groups in total. The predicted octanol–water partition coefficient (Wildman–Crippen LogP) is 2.18. The summed E-state index contributed by atoms with van der Waals surface area (Å²) in [4.78, 5) is 0. The molecule has 1 unspecified atom stereocenters. The third-order valence-electron chi connectivity index (χ3n) is 3.56. The van der Waals surface area contributed by atoms with Gasteiger partial charge < -0.3 is 10.5 Å².